The van der Waals surface area contributed by atoms with Crippen LogP contribution in [0.15, 0.2) is 22.6 Å². The SMILES string of the molecule is Cc1cc(C(C)NC(=O)c2cc(N)cc(Cl)c2Cl)c(C)o1. The van der Waals surface area contributed by atoms with E-state index in [-0.39, 0.29) is 27.6 Å². The lowest BCUT2D eigenvalue weighted by molar-refractivity contribution is 0.0940. The van der Waals surface area contributed by atoms with Gasteiger partial charge in [0.25, 0.3) is 5.91 Å². The van der Waals surface area contributed by atoms with E-state index < -0.39 is 0 Å². The fourth-order valence-corrected chi connectivity index (χ4v) is 2.63. The number of halogens is 2. The van der Waals surface area contributed by atoms with E-state index in [1.54, 1.807) is 0 Å². The number of hydrogen-bond donors (Lipinski definition) is 2. The Morgan fingerprint density at radius 2 is 1.95 bits per heavy atom. The molecule has 6 heteroatoms. The second-order valence-corrected chi connectivity index (χ2v) is 5.71. The first-order valence-electron chi connectivity index (χ1n) is 6.42. The molecule has 2 aromatic rings. The highest BCUT2D eigenvalue weighted by Gasteiger charge is 2.19. The van der Waals surface area contributed by atoms with Crippen LogP contribution in [-0.2, 0) is 0 Å². The zero-order chi connectivity index (χ0) is 15.7. The minimum Gasteiger partial charge on any atom is -0.466 e. The molecule has 0 aliphatic heterocycles. The Kier molecular flexibility index (Phi) is 4.49. The van der Waals surface area contributed by atoms with Crippen molar-refractivity contribution >= 4 is 34.8 Å². The van der Waals surface area contributed by atoms with Crippen LogP contribution in [0.1, 0.15) is 40.4 Å². The molecule has 0 aliphatic rings. The third-order valence-corrected chi connectivity index (χ3v) is 3.99. The Morgan fingerprint density at radius 3 is 2.52 bits per heavy atom. The van der Waals surface area contributed by atoms with Crippen LogP contribution in [0.3, 0.4) is 0 Å². The van der Waals surface area contributed by atoms with Gasteiger partial charge in [-0.2, -0.15) is 0 Å². The molecule has 112 valence electrons. The van der Waals surface area contributed by atoms with Gasteiger partial charge in [-0.25, -0.2) is 0 Å². The zero-order valence-corrected chi connectivity index (χ0v) is 13.5. The van der Waals surface area contributed by atoms with Crippen molar-refractivity contribution in [3.05, 3.63) is 50.9 Å². The monoisotopic (exact) mass is 326 g/mol. The highest BCUT2D eigenvalue weighted by molar-refractivity contribution is 6.44. The number of rotatable bonds is 3. The minimum atomic E-state index is -0.333. The normalized spacial score (nSPS) is 12.2. The lowest BCUT2D eigenvalue weighted by Crippen LogP contribution is -2.27. The number of carbonyl (C=O) groups excluding carboxylic acids is 1. The van der Waals surface area contributed by atoms with E-state index >= 15 is 0 Å². The molecule has 0 saturated carbocycles. The number of nitrogens with two attached hydrogens (primary N) is 1. The predicted molar refractivity (Wildman–Crippen MR) is 84.9 cm³/mol. The third-order valence-electron chi connectivity index (χ3n) is 3.19. The van der Waals surface area contributed by atoms with E-state index in [9.17, 15) is 4.79 Å². The molecule has 1 aromatic carbocycles. The van der Waals surface area contributed by atoms with Gasteiger partial charge >= 0.3 is 0 Å². The summed E-state index contributed by atoms with van der Waals surface area (Å²) in [6, 6.07) is 4.69. The number of nitrogens with one attached hydrogen (secondary N) is 1. The maximum Gasteiger partial charge on any atom is 0.253 e. The first kappa shape index (κ1) is 15.7. The van der Waals surface area contributed by atoms with Gasteiger partial charge in [-0.15, -0.1) is 0 Å². The number of carbonyl (C=O) groups is 1. The number of anilines is 1. The molecule has 4 nitrogen and oxygen atoms in total. The number of benzene rings is 1. The summed E-state index contributed by atoms with van der Waals surface area (Å²) in [5, 5.41) is 3.31. The molecule has 1 atom stereocenters. The number of nitrogen functional groups attached to an aromatic ring is 1. The van der Waals surface area contributed by atoms with E-state index in [4.69, 9.17) is 33.4 Å². The van der Waals surface area contributed by atoms with Gasteiger partial charge in [0.2, 0.25) is 0 Å². The van der Waals surface area contributed by atoms with Crippen LogP contribution in [0, 0.1) is 13.8 Å². The largest absolute Gasteiger partial charge is 0.466 e. The van der Waals surface area contributed by atoms with E-state index in [2.05, 4.69) is 5.32 Å². The quantitative estimate of drug-likeness (QED) is 0.827. The van der Waals surface area contributed by atoms with Crippen LogP contribution in [-0.4, -0.2) is 5.91 Å². The van der Waals surface area contributed by atoms with E-state index in [1.165, 1.54) is 12.1 Å². The molecule has 3 N–H and O–H groups in total. The standard InChI is InChI=1S/C15H16Cl2N2O2/c1-7-4-11(9(3)21-7)8(2)19-15(20)12-5-10(18)6-13(16)14(12)17/h4-6,8H,18H2,1-3H3,(H,19,20). The van der Waals surface area contributed by atoms with Crippen molar-refractivity contribution < 1.29 is 9.21 Å². The van der Waals surface area contributed by atoms with Gasteiger partial charge in [0.15, 0.2) is 0 Å². The van der Waals surface area contributed by atoms with Crippen molar-refractivity contribution in [3.8, 4) is 0 Å². The molecule has 0 aliphatic carbocycles. The number of hydrogen-bond acceptors (Lipinski definition) is 3. The van der Waals surface area contributed by atoms with Gasteiger partial charge in [0.1, 0.15) is 11.5 Å². The molecule has 1 heterocycles. The summed E-state index contributed by atoms with van der Waals surface area (Å²) in [7, 11) is 0. The fraction of sp³-hybridized carbons (Fsp3) is 0.267. The predicted octanol–water partition coefficient (Wildman–Crippen LogP) is 4.28. The van der Waals surface area contributed by atoms with Crippen molar-refractivity contribution in [3.63, 3.8) is 0 Å². The van der Waals surface area contributed by atoms with E-state index in [0.717, 1.165) is 17.1 Å². The second kappa shape index (κ2) is 6.00. The summed E-state index contributed by atoms with van der Waals surface area (Å²) in [5.41, 5.74) is 7.26. The Morgan fingerprint density at radius 1 is 1.29 bits per heavy atom. The lowest BCUT2D eigenvalue weighted by Gasteiger charge is -2.14. The van der Waals surface area contributed by atoms with Crippen LogP contribution in [0.25, 0.3) is 0 Å². The topological polar surface area (TPSA) is 68.3 Å². The Hall–Kier alpha value is -1.65. The molecule has 0 spiro atoms. The van der Waals surface area contributed by atoms with Crippen molar-refractivity contribution in [1.82, 2.24) is 5.32 Å². The summed E-state index contributed by atoms with van der Waals surface area (Å²) in [6.45, 7) is 5.59. The van der Waals surface area contributed by atoms with Crippen LogP contribution in [0.5, 0.6) is 0 Å². The maximum atomic E-state index is 12.3. The molecule has 0 bridgehead atoms. The maximum absolute atomic E-state index is 12.3. The van der Waals surface area contributed by atoms with Gasteiger partial charge in [-0.3, -0.25) is 4.79 Å². The molecule has 0 fully saturated rings. The Bertz CT molecular complexity index is 695. The van der Waals surface area contributed by atoms with Crippen LogP contribution in [0.2, 0.25) is 10.0 Å². The van der Waals surface area contributed by atoms with Gasteiger partial charge in [-0.1, -0.05) is 23.2 Å². The second-order valence-electron chi connectivity index (χ2n) is 4.93. The Labute approximate surface area is 133 Å². The van der Waals surface area contributed by atoms with Crippen molar-refractivity contribution in [2.75, 3.05) is 5.73 Å². The van der Waals surface area contributed by atoms with Gasteiger partial charge in [0, 0.05) is 11.3 Å². The van der Waals surface area contributed by atoms with Crippen molar-refractivity contribution in [2.24, 2.45) is 0 Å². The fourth-order valence-electron chi connectivity index (χ4n) is 2.21. The molecular weight excluding hydrogens is 311 g/mol. The summed E-state index contributed by atoms with van der Waals surface area (Å²) in [6.07, 6.45) is 0. The van der Waals surface area contributed by atoms with Crippen LogP contribution in [0.4, 0.5) is 5.69 Å². The zero-order valence-electron chi connectivity index (χ0n) is 12.0. The molecule has 1 aromatic heterocycles. The number of amides is 1. The Balaban J connectivity index is 2.24. The first-order chi connectivity index (χ1) is 9.79. The highest BCUT2D eigenvalue weighted by Crippen LogP contribution is 2.29. The summed E-state index contributed by atoms with van der Waals surface area (Å²) in [4.78, 5) is 12.3. The first-order valence-corrected chi connectivity index (χ1v) is 7.17. The van der Waals surface area contributed by atoms with Crippen LogP contribution >= 0.6 is 23.2 Å². The number of aryl methyl sites for hydroxylation is 2. The highest BCUT2D eigenvalue weighted by atomic mass is 35.5. The average molecular weight is 327 g/mol. The molecular formula is C15H16Cl2N2O2. The third kappa shape index (κ3) is 3.34. The van der Waals surface area contributed by atoms with Crippen LogP contribution < -0.4 is 11.1 Å². The number of furan rings is 1. The van der Waals surface area contributed by atoms with Crippen molar-refractivity contribution in [2.45, 2.75) is 26.8 Å². The molecule has 2 rings (SSSR count). The molecule has 1 amide bonds. The van der Waals surface area contributed by atoms with Gasteiger partial charge in [0.05, 0.1) is 21.7 Å². The van der Waals surface area contributed by atoms with Gasteiger partial charge in [-0.05, 0) is 39.0 Å². The minimum absolute atomic E-state index is 0.190. The lowest BCUT2D eigenvalue weighted by atomic mass is 10.1. The van der Waals surface area contributed by atoms with E-state index in [1.807, 2.05) is 26.8 Å². The smallest absolute Gasteiger partial charge is 0.253 e. The van der Waals surface area contributed by atoms with Crippen molar-refractivity contribution in [1.29, 1.82) is 0 Å². The molecule has 0 radical (unpaired) electrons. The van der Waals surface area contributed by atoms with E-state index in [0.29, 0.717) is 5.69 Å². The molecule has 1 unspecified atom stereocenters. The molecule has 21 heavy (non-hydrogen) atoms. The molecule has 0 saturated heterocycles. The summed E-state index contributed by atoms with van der Waals surface area (Å²) < 4.78 is 5.47. The summed E-state index contributed by atoms with van der Waals surface area (Å²) in [5.74, 6) is 1.24. The van der Waals surface area contributed by atoms with Gasteiger partial charge < -0.3 is 15.5 Å². The summed E-state index contributed by atoms with van der Waals surface area (Å²) >= 11 is 12.0. The average Bonchev–Trinajstić information content (AvgIpc) is 2.72.